The molecule has 0 aromatic heterocycles. The van der Waals surface area contributed by atoms with Gasteiger partial charge in [0.25, 0.3) is 0 Å². The lowest BCUT2D eigenvalue weighted by atomic mass is 10.1. The van der Waals surface area contributed by atoms with Gasteiger partial charge < -0.3 is 16.2 Å². The van der Waals surface area contributed by atoms with Gasteiger partial charge in [-0.05, 0) is 17.7 Å². The predicted molar refractivity (Wildman–Crippen MR) is 67.4 cm³/mol. The molecule has 4 nitrogen and oxygen atoms in total. The quantitative estimate of drug-likeness (QED) is 0.579. The molecule has 0 saturated heterocycles. The number of hydrogen-bond donors (Lipinski definition) is 2. The molecule has 0 atom stereocenters. The maximum Gasteiger partial charge on any atom is 0.248 e. The Morgan fingerprint density at radius 2 is 2.25 bits per heavy atom. The number of benzene rings is 1. The van der Waals surface area contributed by atoms with Crippen LogP contribution in [-0.2, 0) is 10.5 Å². The average Bonchev–Trinajstić information content (AvgIpc) is 2.26. The number of nitrogen functional groups attached to an aromatic ring is 1. The number of anilines is 1. The number of hydrogen-bond acceptors (Lipinski definition) is 4. The number of carbonyl (C=O) groups excluding carboxylic acids is 1. The van der Waals surface area contributed by atoms with Crippen LogP contribution in [0.25, 0.3) is 0 Å². The van der Waals surface area contributed by atoms with Gasteiger partial charge in [-0.15, -0.1) is 0 Å². The van der Waals surface area contributed by atoms with E-state index in [0.717, 1.165) is 23.7 Å². The van der Waals surface area contributed by atoms with Crippen molar-refractivity contribution >= 4 is 23.4 Å². The standard InChI is InChI=1S/C11H16N2O2S/c1-15-4-5-16-7-9-3-2-8(11(13)14)6-10(9)12/h2-3,6H,4-5,7,12H2,1H3,(H2,13,14). The molecule has 5 heteroatoms. The van der Waals surface area contributed by atoms with Gasteiger partial charge >= 0.3 is 0 Å². The molecular formula is C11H16N2O2S. The van der Waals surface area contributed by atoms with Crippen LogP contribution in [0.5, 0.6) is 0 Å². The first-order chi connectivity index (χ1) is 7.65. The summed E-state index contributed by atoms with van der Waals surface area (Å²) in [6.45, 7) is 0.726. The van der Waals surface area contributed by atoms with Crippen LogP contribution in [-0.4, -0.2) is 25.4 Å². The van der Waals surface area contributed by atoms with E-state index in [4.69, 9.17) is 16.2 Å². The Kier molecular flexibility index (Phi) is 5.14. The van der Waals surface area contributed by atoms with E-state index in [1.54, 1.807) is 31.0 Å². The van der Waals surface area contributed by atoms with Crippen LogP contribution < -0.4 is 11.5 Å². The topological polar surface area (TPSA) is 78.3 Å². The van der Waals surface area contributed by atoms with Gasteiger partial charge in [-0.25, -0.2) is 0 Å². The first-order valence-electron chi connectivity index (χ1n) is 4.90. The Labute approximate surface area is 99.3 Å². The second kappa shape index (κ2) is 6.40. The molecule has 0 bridgehead atoms. The van der Waals surface area contributed by atoms with Gasteiger partial charge in [0.05, 0.1) is 6.61 Å². The van der Waals surface area contributed by atoms with E-state index < -0.39 is 5.91 Å². The van der Waals surface area contributed by atoms with Gasteiger partial charge in [0.1, 0.15) is 0 Å². The van der Waals surface area contributed by atoms with E-state index in [9.17, 15) is 4.79 Å². The zero-order valence-electron chi connectivity index (χ0n) is 9.23. The second-order valence-electron chi connectivity index (χ2n) is 3.32. The highest BCUT2D eigenvalue weighted by Gasteiger charge is 2.04. The van der Waals surface area contributed by atoms with Gasteiger partial charge in [-0.2, -0.15) is 11.8 Å². The average molecular weight is 240 g/mol. The maximum atomic E-state index is 10.9. The molecule has 88 valence electrons. The van der Waals surface area contributed by atoms with Crippen LogP contribution in [0, 0.1) is 0 Å². The van der Waals surface area contributed by atoms with Crippen molar-refractivity contribution in [2.45, 2.75) is 5.75 Å². The van der Waals surface area contributed by atoms with Crippen LogP contribution in [0.3, 0.4) is 0 Å². The summed E-state index contributed by atoms with van der Waals surface area (Å²) in [6.07, 6.45) is 0. The van der Waals surface area contributed by atoms with Gasteiger partial charge in [-0.1, -0.05) is 6.07 Å². The molecule has 0 heterocycles. The van der Waals surface area contributed by atoms with Crippen LogP contribution >= 0.6 is 11.8 Å². The minimum absolute atomic E-state index is 0.447. The van der Waals surface area contributed by atoms with Gasteiger partial charge in [0.15, 0.2) is 0 Å². The zero-order chi connectivity index (χ0) is 12.0. The Morgan fingerprint density at radius 3 is 2.81 bits per heavy atom. The fourth-order valence-corrected chi connectivity index (χ4v) is 2.12. The third kappa shape index (κ3) is 3.75. The normalized spacial score (nSPS) is 10.3. The van der Waals surface area contributed by atoms with Gasteiger partial charge in [0.2, 0.25) is 5.91 Å². The minimum Gasteiger partial charge on any atom is -0.398 e. The van der Waals surface area contributed by atoms with Crippen molar-refractivity contribution in [3.63, 3.8) is 0 Å². The SMILES string of the molecule is COCCSCc1ccc(C(N)=O)cc1N. The van der Waals surface area contributed by atoms with E-state index in [2.05, 4.69) is 0 Å². The lowest BCUT2D eigenvalue weighted by molar-refractivity contribution is 0.100. The number of rotatable bonds is 6. The summed E-state index contributed by atoms with van der Waals surface area (Å²) in [4.78, 5) is 10.9. The number of ether oxygens (including phenoxy) is 1. The second-order valence-corrected chi connectivity index (χ2v) is 4.43. The summed E-state index contributed by atoms with van der Waals surface area (Å²) in [5.41, 5.74) is 13.1. The van der Waals surface area contributed by atoms with Crippen molar-refractivity contribution in [1.29, 1.82) is 0 Å². The van der Waals surface area contributed by atoms with E-state index in [-0.39, 0.29) is 0 Å². The predicted octanol–water partition coefficient (Wildman–Crippen LogP) is 1.25. The zero-order valence-corrected chi connectivity index (χ0v) is 10.0. The van der Waals surface area contributed by atoms with E-state index in [0.29, 0.717) is 11.3 Å². The number of nitrogens with two attached hydrogens (primary N) is 2. The molecular weight excluding hydrogens is 224 g/mol. The van der Waals surface area contributed by atoms with Crippen LogP contribution in [0.15, 0.2) is 18.2 Å². The number of thioether (sulfide) groups is 1. The monoisotopic (exact) mass is 240 g/mol. The Morgan fingerprint density at radius 1 is 1.50 bits per heavy atom. The van der Waals surface area contributed by atoms with Crippen LogP contribution in [0.1, 0.15) is 15.9 Å². The number of methoxy groups -OCH3 is 1. The summed E-state index contributed by atoms with van der Waals surface area (Å²) < 4.78 is 4.95. The smallest absolute Gasteiger partial charge is 0.248 e. The lowest BCUT2D eigenvalue weighted by Crippen LogP contribution is -2.11. The first-order valence-corrected chi connectivity index (χ1v) is 6.05. The van der Waals surface area contributed by atoms with Gasteiger partial charge in [0, 0.05) is 29.9 Å². The number of carbonyl (C=O) groups is 1. The molecule has 16 heavy (non-hydrogen) atoms. The summed E-state index contributed by atoms with van der Waals surface area (Å²) in [5, 5.41) is 0. The molecule has 0 radical (unpaired) electrons. The van der Waals surface area contributed by atoms with Crippen molar-refractivity contribution in [3.8, 4) is 0 Å². The molecule has 0 unspecified atom stereocenters. The van der Waals surface area contributed by atoms with Crippen LogP contribution in [0.4, 0.5) is 5.69 Å². The third-order valence-corrected chi connectivity index (χ3v) is 3.09. The molecule has 0 aliphatic rings. The third-order valence-electron chi connectivity index (χ3n) is 2.12. The summed E-state index contributed by atoms with van der Waals surface area (Å²) in [5.74, 6) is 1.28. The van der Waals surface area contributed by atoms with Crippen molar-refractivity contribution in [2.24, 2.45) is 5.73 Å². The molecule has 1 amide bonds. The van der Waals surface area contributed by atoms with Crippen molar-refractivity contribution < 1.29 is 9.53 Å². The summed E-state index contributed by atoms with van der Waals surface area (Å²) in [6, 6.07) is 5.16. The lowest BCUT2D eigenvalue weighted by Gasteiger charge is -2.06. The van der Waals surface area contributed by atoms with Crippen molar-refractivity contribution in [2.75, 3.05) is 25.2 Å². The van der Waals surface area contributed by atoms with E-state index in [1.165, 1.54) is 0 Å². The molecule has 0 spiro atoms. The fraction of sp³-hybridized carbons (Fsp3) is 0.364. The highest BCUT2D eigenvalue weighted by molar-refractivity contribution is 7.98. The summed E-state index contributed by atoms with van der Waals surface area (Å²) in [7, 11) is 1.68. The molecule has 1 rings (SSSR count). The van der Waals surface area contributed by atoms with Gasteiger partial charge in [-0.3, -0.25) is 4.79 Å². The molecule has 1 aromatic rings. The highest BCUT2D eigenvalue weighted by atomic mass is 32.2. The fourth-order valence-electron chi connectivity index (χ4n) is 1.20. The summed E-state index contributed by atoms with van der Waals surface area (Å²) >= 11 is 1.74. The number of amides is 1. The van der Waals surface area contributed by atoms with Crippen molar-refractivity contribution in [1.82, 2.24) is 0 Å². The Hall–Kier alpha value is -1.20. The Bertz CT molecular complexity index is 369. The molecule has 0 aliphatic heterocycles. The van der Waals surface area contributed by atoms with Crippen LogP contribution in [0.2, 0.25) is 0 Å². The highest BCUT2D eigenvalue weighted by Crippen LogP contribution is 2.19. The minimum atomic E-state index is -0.453. The first kappa shape index (κ1) is 12.9. The van der Waals surface area contributed by atoms with E-state index in [1.807, 2.05) is 6.07 Å². The molecule has 0 saturated carbocycles. The largest absolute Gasteiger partial charge is 0.398 e. The molecule has 4 N–H and O–H groups in total. The van der Waals surface area contributed by atoms with E-state index >= 15 is 0 Å². The maximum absolute atomic E-state index is 10.9. The number of primary amides is 1. The van der Waals surface area contributed by atoms with Crippen molar-refractivity contribution in [3.05, 3.63) is 29.3 Å². The molecule has 1 aromatic carbocycles. The molecule has 0 aliphatic carbocycles. The molecule has 0 fully saturated rings. The Balaban J connectivity index is 2.57.